The minimum Gasteiger partial charge on any atom is -1.00 e. The van der Waals surface area contributed by atoms with Gasteiger partial charge in [-0.25, -0.2) is 0 Å². The molecule has 0 aromatic rings. The maximum absolute atomic E-state index is 2.27. The zero-order chi connectivity index (χ0) is 7.33. The van der Waals surface area contributed by atoms with Gasteiger partial charge in [-0.1, -0.05) is 0 Å². The molecule has 0 fully saturated rings. The van der Waals surface area contributed by atoms with Crippen molar-refractivity contribution >= 4 is 0 Å². The number of quaternary nitrogens is 1. The second kappa shape index (κ2) is 9.01. The van der Waals surface area contributed by atoms with Crippen molar-refractivity contribution in [2.75, 3.05) is 26.2 Å². The van der Waals surface area contributed by atoms with Crippen molar-refractivity contribution in [3.8, 4) is 0 Å². The monoisotopic (exact) mass is 172 g/mol. The summed E-state index contributed by atoms with van der Waals surface area (Å²) in [4.78, 5) is 0. The van der Waals surface area contributed by atoms with Crippen LogP contribution in [0.5, 0.6) is 0 Å². The standard InChI is InChI=1S/C8H20N.Na.H2O.H/c1-5-9(6-2,7-3)8-4;;;/h5-8H2,1-4H3;;1H2;/q2*+1;;-1. The van der Waals surface area contributed by atoms with E-state index < -0.39 is 0 Å². The Labute approximate surface area is 94.6 Å². The van der Waals surface area contributed by atoms with Crippen molar-refractivity contribution in [1.82, 2.24) is 0 Å². The van der Waals surface area contributed by atoms with Gasteiger partial charge in [0.1, 0.15) is 0 Å². The second-order valence-electron chi connectivity index (χ2n) is 2.61. The minimum absolute atomic E-state index is 0. The summed E-state index contributed by atoms with van der Waals surface area (Å²) in [6, 6.07) is 0. The molecule has 0 rings (SSSR count). The Hall–Kier alpha value is 0.920. The van der Waals surface area contributed by atoms with E-state index in [-0.39, 0.29) is 36.5 Å². The Balaban J connectivity index is -0.000000107. The number of rotatable bonds is 4. The van der Waals surface area contributed by atoms with E-state index in [1.807, 2.05) is 0 Å². The molecule has 0 spiro atoms. The summed E-state index contributed by atoms with van der Waals surface area (Å²) in [5.74, 6) is 0. The van der Waals surface area contributed by atoms with Crippen molar-refractivity contribution < 1.29 is 40.9 Å². The van der Waals surface area contributed by atoms with Gasteiger partial charge in [-0.15, -0.1) is 0 Å². The van der Waals surface area contributed by atoms with E-state index >= 15 is 0 Å². The van der Waals surface area contributed by atoms with E-state index in [1.165, 1.54) is 30.7 Å². The summed E-state index contributed by atoms with van der Waals surface area (Å²) in [6.45, 7) is 14.2. The van der Waals surface area contributed by atoms with Crippen LogP contribution in [0.3, 0.4) is 0 Å². The Morgan fingerprint density at radius 3 is 1.00 bits per heavy atom. The molecule has 0 saturated carbocycles. The quantitative estimate of drug-likeness (QED) is 0.353. The van der Waals surface area contributed by atoms with Crippen LogP contribution in [-0.4, -0.2) is 36.1 Å². The molecule has 3 heteroatoms. The van der Waals surface area contributed by atoms with Gasteiger partial charge in [-0.2, -0.15) is 0 Å². The average molecular weight is 172 g/mol. The van der Waals surface area contributed by atoms with Crippen LogP contribution in [0.1, 0.15) is 29.1 Å². The normalized spacial score (nSPS) is 9.82. The third-order valence-electron chi connectivity index (χ3n) is 2.68. The number of nitrogens with zero attached hydrogens (tertiary/aromatic N) is 1. The summed E-state index contributed by atoms with van der Waals surface area (Å²) >= 11 is 0. The molecule has 0 aromatic heterocycles. The van der Waals surface area contributed by atoms with E-state index in [0.29, 0.717) is 0 Å². The minimum atomic E-state index is 0. The van der Waals surface area contributed by atoms with E-state index in [9.17, 15) is 0 Å². The smallest absolute Gasteiger partial charge is 1.00 e. The first-order valence-corrected chi connectivity index (χ1v) is 4.09. The molecule has 0 bridgehead atoms. The van der Waals surface area contributed by atoms with Crippen LogP contribution in [0.25, 0.3) is 0 Å². The summed E-state index contributed by atoms with van der Waals surface area (Å²) in [6.07, 6.45) is 0. The van der Waals surface area contributed by atoms with Crippen LogP contribution in [0.4, 0.5) is 0 Å². The fourth-order valence-corrected chi connectivity index (χ4v) is 1.34. The molecule has 2 N–H and O–H groups in total. The molecule has 0 aliphatic rings. The third kappa shape index (κ3) is 5.21. The average Bonchev–Trinajstić information content (AvgIpc) is 1.95. The van der Waals surface area contributed by atoms with Gasteiger partial charge in [0, 0.05) is 0 Å². The fraction of sp³-hybridized carbons (Fsp3) is 1.00. The number of hydrogen-bond donors (Lipinski definition) is 0. The Morgan fingerprint density at radius 2 is 1.00 bits per heavy atom. The van der Waals surface area contributed by atoms with Crippen molar-refractivity contribution in [3.05, 3.63) is 0 Å². The zero-order valence-electron chi connectivity index (χ0n) is 9.78. The van der Waals surface area contributed by atoms with Crippen LogP contribution < -0.4 is 29.6 Å². The maximum Gasteiger partial charge on any atom is 1.00 e. The Kier molecular flexibility index (Phi) is 14.6. The number of hydrogen-bond acceptors (Lipinski definition) is 0. The fourth-order valence-electron chi connectivity index (χ4n) is 1.34. The molecule has 0 unspecified atom stereocenters. The molecule has 0 radical (unpaired) electrons. The first-order valence-electron chi connectivity index (χ1n) is 4.09. The Morgan fingerprint density at radius 1 is 0.818 bits per heavy atom. The van der Waals surface area contributed by atoms with Crippen LogP contribution >= 0.6 is 0 Å². The summed E-state index contributed by atoms with van der Waals surface area (Å²) in [7, 11) is 0. The largest absolute Gasteiger partial charge is 1.00 e. The van der Waals surface area contributed by atoms with Gasteiger partial charge in [0.25, 0.3) is 0 Å². The van der Waals surface area contributed by atoms with Crippen LogP contribution in [0, 0.1) is 0 Å². The molecule has 0 heterocycles. The van der Waals surface area contributed by atoms with Gasteiger partial charge in [0.2, 0.25) is 0 Å². The van der Waals surface area contributed by atoms with Crippen molar-refractivity contribution in [2.45, 2.75) is 27.7 Å². The van der Waals surface area contributed by atoms with Gasteiger partial charge in [-0.05, 0) is 27.7 Å². The van der Waals surface area contributed by atoms with Crippen molar-refractivity contribution in [3.63, 3.8) is 0 Å². The Bertz CT molecular complexity index is 61.9. The van der Waals surface area contributed by atoms with Crippen molar-refractivity contribution in [2.24, 2.45) is 0 Å². The summed E-state index contributed by atoms with van der Waals surface area (Å²) < 4.78 is 1.28. The van der Waals surface area contributed by atoms with Gasteiger partial charge in [-0.3, -0.25) is 0 Å². The van der Waals surface area contributed by atoms with Crippen molar-refractivity contribution in [1.29, 1.82) is 0 Å². The van der Waals surface area contributed by atoms with Gasteiger partial charge >= 0.3 is 29.6 Å². The third-order valence-corrected chi connectivity index (χ3v) is 2.68. The predicted molar refractivity (Wildman–Crippen MR) is 47.2 cm³/mol. The van der Waals surface area contributed by atoms with E-state index in [1.54, 1.807) is 0 Å². The summed E-state index contributed by atoms with van der Waals surface area (Å²) in [5.41, 5.74) is 0. The van der Waals surface area contributed by atoms with Gasteiger partial charge in [0.05, 0.1) is 26.2 Å². The van der Waals surface area contributed by atoms with Crippen LogP contribution in [-0.2, 0) is 0 Å². The van der Waals surface area contributed by atoms with Gasteiger partial charge < -0.3 is 11.4 Å². The van der Waals surface area contributed by atoms with Gasteiger partial charge in [0.15, 0.2) is 0 Å². The molecule has 0 saturated heterocycles. The molecule has 66 valence electrons. The maximum atomic E-state index is 2.27. The molecular weight excluding hydrogens is 149 g/mol. The SMILES string of the molecule is CC[N+](CC)(CC)CC.O.[H-].[Na+]. The second-order valence-corrected chi connectivity index (χ2v) is 2.61. The molecule has 2 nitrogen and oxygen atoms in total. The molecule has 0 aliphatic carbocycles. The summed E-state index contributed by atoms with van der Waals surface area (Å²) in [5, 5.41) is 0. The van der Waals surface area contributed by atoms with Crippen LogP contribution in [0.15, 0.2) is 0 Å². The molecule has 0 aliphatic heterocycles. The first kappa shape index (κ1) is 17.9. The van der Waals surface area contributed by atoms with E-state index in [2.05, 4.69) is 27.7 Å². The topological polar surface area (TPSA) is 31.5 Å². The predicted octanol–water partition coefficient (Wildman–Crippen LogP) is -1.83. The molecule has 0 atom stereocenters. The molecule has 11 heavy (non-hydrogen) atoms. The van der Waals surface area contributed by atoms with E-state index in [4.69, 9.17) is 0 Å². The molecule has 0 amide bonds. The first-order chi connectivity index (χ1) is 4.24. The zero-order valence-corrected chi connectivity index (χ0v) is 10.8. The van der Waals surface area contributed by atoms with Crippen LogP contribution in [0.2, 0.25) is 0 Å². The van der Waals surface area contributed by atoms with E-state index in [0.717, 1.165) is 0 Å². The molecular formula is C8H23NNaO+. The molecule has 0 aromatic carbocycles.